The van der Waals surface area contributed by atoms with E-state index in [0.717, 1.165) is 70.6 Å². The number of aliphatic hydroxyl groups excluding tert-OH is 1. The third kappa shape index (κ3) is 49.8. The van der Waals surface area contributed by atoms with Gasteiger partial charge in [0.05, 0.1) is 39.9 Å². The molecule has 384 valence electrons. The van der Waals surface area contributed by atoms with Crippen LogP contribution in [0.3, 0.4) is 0 Å². The summed E-state index contributed by atoms with van der Waals surface area (Å²) < 4.78 is 23.1. The van der Waals surface area contributed by atoms with Gasteiger partial charge in [-0.3, -0.25) is 9.36 Å². The van der Waals surface area contributed by atoms with Crippen molar-refractivity contribution in [1.82, 2.24) is 5.32 Å². The zero-order valence-corrected chi connectivity index (χ0v) is 44.5. The van der Waals surface area contributed by atoms with Gasteiger partial charge in [0.1, 0.15) is 13.2 Å². The Labute approximate surface area is 408 Å². The molecule has 0 aliphatic rings. The molecule has 2 N–H and O–H groups in total. The van der Waals surface area contributed by atoms with Crippen LogP contribution in [0, 0.1) is 0 Å². The van der Waals surface area contributed by atoms with E-state index in [1.165, 1.54) is 141 Å². The largest absolute Gasteiger partial charge is 0.756 e. The Morgan fingerprint density at radius 2 is 0.939 bits per heavy atom. The van der Waals surface area contributed by atoms with Crippen molar-refractivity contribution in [2.24, 2.45) is 0 Å². The number of nitrogens with zero attached hydrogens (tertiary/aromatic N) is 1. The smallest absolute Gasteiger partial charge is 0.268 e. The summed E-state index contributed by atoms with van der Waals surface area (Å²) in [4.78, 5) is 25.2. The first kappa shape index (κ1) is 63.9. The zero-order chi connectivity index (χ0) is 48.5. The number of carbonyl (C=O) groups excluding carboxylic acids is 1. The molecule has 0 rings (SSSR count). The maximum atomic E-state index is 12.8. The lowest BCUT2D eigenvalue weighted by atomic mass is 10.0. The van der Waals surface area contributed by atoms with E-state index in [-0.39, 0.29) is 12.5 Å². The van der Waals surface area contributed by atoms with Crippen LogP contribution in [0.2, 0.25) is 0 Å². The maximum Gasteiger partial charge on any atom is 0.268 e. The van der Waals surface area contributed by atoms with Crippen LogP contribution in [0.5, 0.6) is 0 Å². The second-order valence-electron chi connectivity index (χ2n) is 19.5. The second-order valence-corrected chi connectivity index (χ2v) is 21.0. The second kappa shape index (κ2) is 48.0. The van der Waals surface area contributed by atoms with Crippen LogP contribution in [0.1, 0.15) is 232 Å². The van der Waals surface area contributed by atoms with E-state index in [2.05, 4.69) is 79.9 Å². The molecule has 1 amide bonds. The van der Waals surface area contributed by atoms with Gasteiger partial charge < -0.3 is 28.8 Å². The lowest BCUT2D eigenvalue weighted by molar-refractivity contribution is -0.870. The van der Waals surface area contributed by atoms with Gasteiger partial charge in [-0.2, -0.15) is 0 Å². The Kier molecular flexibility index (Phi) is 46.5. The van der Waals surface area contributed by atoms with E-state index in [4.69, 9.17) is 9.05 Å². The van der Waals surface area contributed by atoms with Crippen molar-refractivity contribution < 1.29 is 32.9 Å². The van der Waals surface area contributed by atoms with Crippen LogP contribution in [-0.2, 0) is 18.4 Å². The molecule has 0 spiro atoms. The van der Waals surface area contributed by atoms with Gasteiger partial charge in [-0.25, -0.2) is 0 Å². The van der Waals surface area contributed by atoms with E-state index in [9.17, 15) is 19.4 Å². The van der Waals surface area contributed by atoms with Gasteiger partial charge in [-0.1, -0.05) is 234 Å². The normalized spacial score (nSPS) is 14.6. The van der Waals surface area contributed by atoms with Crippen molar-refractivity contribution in [1.29, 1.82) is 0 Å². The molecule has 0 aromatic carbocycles. The summed E-state index contributed by atoms with van der Waals surface area (Å²) in [5.41, 5.74) is 0. The number of phosphoric ester groups is 1. The minimum Gasteiger partial charge on any atom is -0.756 e. The van der Waals surface area contributed by atoms with Crippen molar-refractivity contribution in [2.75, 3.05) is 40.9 Å². The average molecular weight is 945 g/mol. The molecule has 9 heteroatoms. The van der Waals surface area contributed by atoms with E-state index >= 15 is 0 Å². The number of quaternary nitrogens is 1. The summed E-state index contributed by atoms with van der Waals surface area (Å²) in [5.74, 6) is -0.211. The van der Waals surface area contributed by atoms with Gasteiger partial charge in [0.2, 0.25) is 5.91 Å². The number of amides is 1. The van der Waals surface area contributed by atoms with Crippen molar-refractivity contribution in [2.45, 2.75) is 244 Å². The van der Waals surface area contributed by atoms with Gasteiger partial charge in [0.15, 0.2) is 0 Å². The van der Waals surface area contributed by atoms with Crippen molar-refractivity contribution in [3.63, 3.8) is 0 Å². The third-order valence-corrected chi connectivity index (χ3v) is 12.8. The predicted molar refractivity (Wildman–Crippen MR) is 284 cm³/mol. The van der Waals surface area contributed by atoms with Gasteiger partial charge in [-0.05, 0) is 64.2 Å². The predicted octanol–water partition coefficient (Wildman–Crippen LogP) is 15.7. The molecular weight excluding hydrogens is 840 g/mol. The van der Waals surface area contributed by atoms with Gasteiger partial charge in [0, 0.05) is 6.42 Å². The summed E-state index contributed by atoms with van der Waals surface area (Å²) in [6.07, 6.45) is 66.1. The zero-order valence-electron chi connectivity index (χ0n) is 43.6. The fraction of sp³-hybridized carbons (Fsp3) is 0.772. The lowest BCUT2D eigenvalue weighted by Crippen LogP contribution is -2.45. The molecule has 0 heterocycles. The van der Waals surface area contributed by atoms with Crippen LogP contribution in [0.15, 0.2) is 72.9 Å². The fourth-order valence-corrected chi connectivity index (χ4v) is 8.36. The first-order valence-corrected chi connectivity index (χ1v) is 28.8. The number of hydrogen-bond donors (Lipinski definition) is 2. The first-order valence-electron chi connectivity index (χ1n) is 27.3. The maximum absolute atomic E-state index is 12.8. The quantitative estimate of drug-likeness (QED) is 0.0272. The number of phosphoric acid groups is 1. The molecule has 0 radical (unpaired) electrons. The molecule has 0 bridgehead atoms. The molecule has 0 aliphatic carbocycles. The van der Waals surface area contributed by atoms with Gasteiger partial charge >= 0.3 is 0 Å². The Morgan fingerprint density at radius 1 is 0.545 bits per heavy atom. The summed E-state index contributed by atoms with van der Waals surface area (Å²) in [6, 6.07) is -0.900. The molecule has 0 saturated carbocycles. The molecule has 0 aromatic rings. The standard InChI is InChI=1S/C57H105N2O6P/c1-6-8-10-12-14-15-16-17-18-19-20-21-22-23-24-25-26-27-28-29-30-31-32-33-34-35-36-37-38-39-40-41-42-43-45-47-49-51-57(61)58-55(56(60)50-48-46-44-13-11-9-7-2)54-65-66(62,63)64-53-52-59(3,4)5/h8,10-11,13-15,17-18,20-21,48,50,55-56,60H,6-7,9,12,16,19,22-47,49,51-54H2,1-5H3,(H-,58,61,62,63)/b10-8-,13-11+,15-14-,18-17-,21-20-,50-48+. The van der Waals surface area contributed by atoms with Crippen LogP contribution >= 0.6 is 7.82 Å². The number of rotatable bonds is 49. The van der Waals surface area contributed by atoms with Crippen LogP contribution in [0.25, 0.3) is 0 Å². The average Bonchev–Trinajstić information content (AvgIpc) is 3.28. The topological polar surface area (TPSA) is 108 Å². The third-order valence-electron chi connectivity index (χ3n) is 11.9. The van der Waals surface area contributed by atoms with Crippen molar-refractivity contribution >= 4 is 13.7 Å². The van der Waals surface area contributed by atoms with E-state index in [1.807, 2.05) is 27.2 Å². The summed E-state index contributed by atoms with van der Waals surface area (Å²) in [5, 5.41) is 13.7. The highest BCUT2D eigenvalue weighted by Gasteiger charge is 2.23. The molecule has 0 fully saturated rings. The first-order chi connectivity index (χ1) is 32.0. The monoisotopic (exact) mass is 945 g/mol. The fourth-order valence-electron chi connectivity index (χ4n) is 7.64. The van der Waals surface area contributed by atoms with E-state index in [0.29, 0.717) is 17.4 Å². The minimum absolute atomic E-state index is 0.00744. The molecule has 0 aliphatic heterocycles. The molecule has 8 nitrogen and oxygen atoms in total. The highest BCUT2D eigenvalue weighted by molar-refractivity contribution is 7.45. The van der Waals surface area contributed by atoms with E-state index in [1.54, 1.807) is 6.08 Å². The molecule has 66 heavy (non-hydrogen) atoms. The Morgan fingerprint density at radius 3 is 1.39 bits per heavy atom. The highest BCUT2D eigenvalue weighted by atomic mass is 31.2. The summed E-state index contributed by atoms with van der Waals surface area (Å²) in [6.45, 7) is 4.40. The van der Waals surface area contributed by atoms with Gasteiger partial charge in [-0.15, -0.1) is 0 Å². The minimum atomic E-state index is -4.59. The number of hydrogen-bond acceptors (Lipinski definition) is 6. The van der Waals surface area contributed by atoms with Crippen LogP contribution < -0.4 is 10.2 Å². The molecule has 0 saturated heterocycles. The molecule has 0 aromatic heterocycles. The Bertz CT molecular complexity index is 1300. The number of nitrogens with one attached hydrogen (secondary N) is 1. The number of allylic oxidation sites excluding steroid dienone is 11. The SMILES string of the molecule is CC/C=C\C/C=C\C/C=C\C/C=C\CCCCCCCCCCCCCCCCCCCCCCCCCCC(=O)NC(COP(=O)([O-])OCC[N+](C)(C)C)C(O)/C=C/CC/C=C/CCC. The summed E-state index contributed by atoms with van der Waals surface area (Å²) >= 11 is 0. The molecule has 3 atom stereocenters. The molecule has 3 unspecified atom stereocenters. The molecular formula is C57H105N2O6P. The van der Waals surface area contributed by atoms with Gasteiger partial charge in [0.25, 0.3) is 7.82 Å². The van der Waals surface area contributed by atoms with E-state index < -0.39 is 26.6 Å². The number of aliphatic hydroxyl groups is 1. The Balaban J connectivity index is 3.80. The number of likely N-dealkylation sites (N-methyl/N-ethyl adjacent to an activating group) is 1. The van der Waals surface area contributed by atoms with Crippen LogP contribution in [-0.4, -0.2) is 68.5 Å². The Hall–Kier alpha value is -2.06. The van der Waals surface area contributed by atoms with Crippen LogP contribution in [0.4, 0.5) is 0 Å². The highest BCUT2D eigenvalue weighted by Crippen LogP contribution is 2.38. The number of carbonyl (C=O) groups is 1. The number of unbranched alkanes of at least 4 members (excludes halogenated alkanes) is 26. The lowest BCUT2D eigenvalue weighted by Gasteiger charge is -2.29. The van der Waals surface area contributed by atoms with Crippen molar-refractivity contribution in [3.8, 4) is 0 Å². The summed E-state index contributed by atoms with van der Waals surface area (Å²) in [7, 11) is 1.24. The van der Waals surface area contributed by atoms with Crippen molar-refractivity contribution in [3.05, 3.63) is 72.9 Å².